The first-order valence-corrected chi connectivity index (χ1v) is 5.70. The molecule has 2 aromatic rings. The summed E-state index contributed by atoms with van der Waals surface area (Å²) >= 11 is 5.58. The monoisotopic (exact) mass is 301 g/mol. The van der Waals surface area contributed by atoms with E-state index in [2.05, 4.69) is 5.32 Å². The van der Waals surface area contributed by atoms with Crippen LogP contribution >= 0.6 is 11.6 Å². The van der Waals surface area contributed by atoms with Gasteiger partial charge in [-0.25, -0.2) is 13.2 Å². The van der Waals surface area contributed by atoms with Gasteiger partial charge in [-0.15, -0.1) is 0 Å². The Kier molecular flexibility index (Phi) is 3.85. The van der Waals surface area contributed by atoms with Gasteiger partial charge < -0.3 is 10.4 Å². The van der Waals surface area contributed by atoms with Crippen LogP contribution in [0, 0.1) is 17.5 Å². The van der Waals surface area contributed by atoms with Crippen LogP contribution in [0.25, 0.3) is 0 Å². The second-order valence-electron chi connectivity index (χ2n) is 3.86. The minimum absolute atomic E-state index is 0.179. The second kappa shape index (κ2) is 5.42. The summed E-state index contributed by atoms with van der Waals surface area (Å²) in [5.74, 6) is -4.31. The van der Waals surface area contributed by atoms with E-state index in [0.717, 1.165) is 18.2 Å². The van der Waals surface area contributed by atoms with Crippen LogP contribution in [0.2, 0.25) is 5.02 Å². The van der Waals surface area contributed by atoms with Crippen molar-refractivity contribution in [1.29, 1.82) is 0 Å². The van der Waals surface area contributed by atoms with Crippen LogP contribution in [0.5, 0.6) is 5.75 Å². The Balaban J connectivity index is 2.30. The molecule has 0 unspecified atom stereocenters. The predicted molar refractivity (Wildman–Crippen MR) is 67.4 cm³/mol. The highest BCUT2D eigenvalue weighted by Gasteiger charge is 2.15. The molecule has 0 atom stereocenters. The summed E-state index contributed by atoms with van der Waals surface area (Å²) in [5, 5.41) is 11.1. The number of hydrogen-bond acceptors (Lipinski definition) is 2. The van der Waals surface area contributed by atoms with Gasteiger partial charge in [0, 0.05) is 12.1 Å². The minimum atomic E-state index is -1.08. The quantitative estimate of drug-likeness (QED) is 0.831. The average molecular weight is 302 g/mol. The summed E-state index contributed by atoms with van der Waals surface area (Å²) < 4.78 is 39.6. The summed E-state index contributed by atoms with van der Waals surface area (Å²) in [6, 6.07) is 4.05. The molecule has 7 heteroatoms. The van der Waals surface area contributed by atoms with Crippen molar-refractivity contribution >= 4 is 23.2 Å². The standard InChI is InChI=1S/C13H7ClF3NO2/c14-8-4-11(10(17)5-12(8)19)18-13(20)7-2-1-6(15)3-9(7)16/h1-5,19H,(H,18,20). The first-order chi connectivity index (χ1) is 9.38. The molecule has 0 aliphatic rings. The van der Waals surface area contributed by atoms with Gasteiger partial charge in [-0.05, 0) is 18.2 Å². The van der Waals surface area contributed by atoms with Gasteiger partial charge in [0.05, 0.1) is 16.3 Å². The molecular weight excluding hydrogens is 295 g/mol. The van der Waals surface area contributed by atoms with Gasteiger partial charge in [0.1, 0.15) is 17.4 Å². The highest BCUT2D eigenvalue weighted by molar-refractivity contribution is 6.32. The van der Waals surface area contributed by atoms with Gasteiger partial charge >= 0.3 is 0 Å². The molecule has 0 aliphatic carbocycles. The number of hydrogen-bond donors (Lipinski definition) is 2. The number of rotatable bonds is 2. The van der Waals surface area contributed by atoms with Crippen molar-refractivity contribution in [2.45, 2.75) is 0 Å². The van der Waals surface area contributed by atoms with E-state index in [4.69, 9.17) is 16.7 Å². The Morgan fingerprint density at radius 2 is 1.80 bits per heavy atom. The van der Waals surface area contributed by atoms with E-state index in [-0.39, 0.29) is 10.7 Å². The van der Waals surface area contributed by atoms with E-state index in [0.29, 0.717) is 12.1 Å². The van der Waals surface area contributed by atoms with Gasteiger partial charge in [0.2, 0.25) is 0 Å². The summed E-state index contributed by atoms with van der Waals surface area (Å²) in [6.07, 6.45) is 0. The zero-order valence-corrected chi connectivity index (χ0v) is 10.5. The van der Waals surface area contributed by atoms with Crippen molar-refractivity contribution in [3.63, 3.8) is 0 Å². The maximum atomic E-state index is 13.5. The van der Waals surface area contributed by atoms with Gasteiger partial charge in [0.15, 0.2) is 5.82 Å². The maximum Gasteiger partial charge on any atom is 0.258 e. The van der Waals surface area contributed by atoms with Gasteiger partial charge in [0.25, 0.3) is 5.91 Å². The van der Waals surface area contributed by atoms with E-state index < -0.39 is 34.7 Å². The number of phenols is 1. The number of halogens is 4. The van der Waals surface area contributed by atoms with E-state index in [1.807, 2.05) is 0 Å². The lowest BCUT2D eigenvalue weighted by molar-refractivity contribution is 0.102. The zero-order valence-electron chi connectivity index (χ0n) is 9.75. The fraction of sp³-hybridized carbons (Fsp3) is 0. The largest absolute Gasteiger partial charge is 0.506 e. The molecule has 1 amide bonds. The number of amides is 1. The second-order valence-corrected chi connectivity index (χ2v) is 4.27. The molecule has 0 aliphatic heterocycles. The molecule has 0 fully saturated rings. The molecule has 104 valence electrons. The molecule has 0 saturated heterocycles. The van der Waals surface area contributed by atoms with Crippen LogP contribution in [0.1, 0.15) is 10.4 Å². The van der Waals surface area contributed by atoms with Crippen LogP contribution in [-0.4, -0.2) is 11.0 Å². The number of nitrogens with one attached hydrogen (secondary N) is 1. The van der Waals surface area contributed by atoms with Crippen molar-refractivity contribution in [1.82, 2.24) is 0 Å². The number of phenolic OH excluding ortho intramolecular Hbond substituents is 1. The number of anilines is 1. The lowest BCUT2D eigenvalue weighted by atomic mass is 10.2. The Morgan fingerprint density at radius 1 is 1.10 bits per heavy atom. The van der Waals surface area contributed by atoms with Crippen LogP contribution in [0.4, 0.5) is 18.9 Å². The van der Waals surface area contributed by atoms with Crippen LogP contribution in [0.3, 0.4) is 0 Å². The third kappa shape index (κ3) is 2.85. The molecule has 20 heavy (non-hydrogen) atoms. The molecule has 0 aromatic heterocycles. The Bertz CT molecular complexity index is 692. The third-order valence-electron chi connectivity index (χ3n) is 2.46. The molecule has 2 rings (SSSR count). The molecule has 0 saturated carbocycles. The highest BCUT2D eigenvalue weighted by atomic mass is 35.5. The highest BCUT2D eigenvalue weighted by Crippen LogP contribution is 2.29. The number of aromatic hydroxyl groups is 1. The summed E-state index contributed by atoms with van der Waals surface area (Å²) in [4.78, 5) is 11.7. The fourth-order valence-corrected chi connectivity index (χ4v) is 1.66. The third-order valence-corrected chi connectivity index (χ3v) is 2.76. The normalized spacial score (nSPS) is 10.4. The maximum absolute atomic E-state index is 13.5. The smallest absolute Gasteiger partial charge is 0.258 e. The molecule has 0 radical (unpaired) electrons. The van der Waals surface area contributed by atoms with Crippen LogP contribution in [-0.2, 0) is 0 Å². The van der Waals surface area contributed by atoms with Gasteiger partial charge in [-0.2, -0.15) is 0 Å². The first-order valence-electron chi connectivity index (χ1n) is 5.33. The van der Waals surface area contributed by atoms with Crippen molar-refractivity contribution in [3.05, 3.63) is 58.4 Å². The van der Waals surface area contributed by atoms with Gasteiger partial charge in [-0.3, -0.25) is 4.79 Å². The SMILES string of the molecule is O=C(Nc1cc(Cl)c(O)cc1F)c1ccc(F)cc1F. The summed E-state index contributed by atoms with van der Waals surface area (Å²) in [7, 11) is 0. The number of benzene rings is 2. The van der Waals surface area contributed by atoms with Gasteiger partial charge in [-0.1, -0.05) is 11.6 Å². The van der Waals surface area contributed by atoms with E-state index >= 15 is 0 Å². The summed E-state index contributed by atoms with van der Waals surface area (Å²) in [6.45, 7) is 0. The lowest BCUT2D eigenvalue weighted by Crippen LogP contribution is -2.15. The summed E-state index contributed by atoms with van der Waals surface area (Å²) in [5.41, 5.74) is -0.781. The molecule has 3 nitrogen and oxygen atoms in total. The van der Waals surface area contributed by atoms with Crippen LogP contribution < -0.4 is 5.32 Å². The Morgan fingerprint density at radius 3 is 2.45 bits per heavy atom. The molecule has 0 heterocycles. The first kappa shape index (κ1) is 14.2. The van der Waals surface area contributed by atoms with Crippen molar-refractivity contribution in [3.8, 4) is 5.75 Å². The van der Waals surface area contributed by atoms with E-state index in [9.17, 15) is 18.0 Å². The van der Waals surface area contributed by atoms with E-state index in [1.165, 1.54) is 0 Å². The van der Waals surface area contributed by atoms with Crippen molar-refractivity contribution in [2.24, 2.45) is 0 Å². The molecular formula is C13H7ClF3NO2. The number of carbonyl (C=O) groups is 1. The fourth-order valence-electron chi connectivity index (χ4n) is 1.50. The molecule has 2 N–H and O–H groups in total. The molecule has 0 bridgehead atoms. The minimum Gasteiger partial charge on any atom is -0.506 e. The van der Waals surface area contributed by atoms with E-state index in [1.54, 1.807) is 0 Å². The Labute approximate surface area is 116 Å². The molecule has 0 spiro atoms. The van der Waals surface area contributed by atoms with Crippen LogP contribution in [0.15, 0.2) is 30.3 Å². The number of carbonyl (C=O) groups excluding carboxylic acids is 1. The average Bonchev–Trinajstić information content (AvgIpc) is 2.35. The van der Waals surface area contributed by atoms with Crippen molar-refractivity contribution < 1.29 is 23.1 Å². The lowest BCUT2D eigenvalue weighted by Gasteiger charge is -2.08. The predicted octanol–water partition coefficient (Wildman–Crippen LogP) is 3.72. The Hall–Kier alpha value is -2.21. The van der Waals surface area contributed by atoms with Crippen molar-refractivity contribution in [2.75, 3.05) is 5.32 Å². The molecule has 2 aromatic carbocycles. The zero-order chi connectivity index (χ0) is 14.9. The topological polar surface area (TPSA) is 49.3 Å².